The van der Waals surface area contributed by atoms with Crippen molar-refractivity contribution in [1.29, 1.82) is 0 Å². The van der Waals surface area contributed by atoms with Crippen LogP contribution in [0.15, 0.2) is 42.6 Å². The third-order valence-electron chi connectivity index (χ3n) is 4.59. The maximum atomic E-state index is 12.6. The van der Waals surface area contributed by atoms with E-state index in [1.165, 1.54) is 18.4 Å². The first-order valence-corrected chi connectivity index (χ1v) is 9.65. The molecule has 0 aliphatic carbocycles. The summed E-state index contributed by atoms with van der Waals surface area (Å²) in [6, 6.07) is 11.3. The lowest BCUT2D eigenvalue weighted by Gasteiger charge is -2.12. The Labute approximate surface area is 171 Å². The van der Waals surface area contributed by atoms with Gasteiger partial charge in [0.05, 0.1) is 43.7 Å². The third-order valence-corrected chi connectivity index (χ3v) is 5.64. The summed E-state index contributed by atoms with van der Waals surface area (Å²) in [5, 5.41) is 5.22. The highest BCUT2D eigenvalue weighted by molar-refractivity contribution is 7.17. The molecular weight excluding hydrogens is 390 g/mol. The monoisotopic (exact) mass is 409 g/mol. The molecule has 0 aliphatic rings. The number of carbonyl (C=O) groups excluding carboxylic acids is 1. The van der Waals surface area contributed by atoms with Crippen molar-refractivity contribution in [3.8, 4) is 33.3 Å². The Balaban J connectivity index is 2.01. The number of esters is 1. The number of thiazole rings is 1. The molecule has 4 aromatic rings. The fourth-order valence-corrected chi connectivity index (χ4v) is 4.39. The molecule has 3 aromatic heterocycles. The van der Waals surface area contributed by atoms with Crippen molar-refractivity contribution in [3.63, 3.8) is 0 Å². The van der Waals surface area contributed by atoms with Crippen LogP contribution in [0.3, 0.4) is 0 Å². The predicted molar refractivity (Wildman–Crippen MR) is 111 cm³/mol. The van der Waals surface area contributed by atoms with Gasteiger partial charge >= 0.3 is 5.97 Å². The van der Waals surface area contributed by atoms with Crippen molar-refractivity contribution in [2.75, 3.05) is 21.3 Å². The molecule has 0 N–H and O–H groups in total. The molecule has 0 bridgehead atoms. The highest BCUT2D eigenvalue weighted by Crippen LogP contribution is 2.44. The number of hydrogen-bond donors (Lipinski definition) is 0. The zero-order valence-electron chi connectivity index (χ0n) is 16.4. The summed E-state index contributed by atoms with van der Waals surface area (Å²) in [6.45, 7) is 1.92. The standard InChI is InChI=1S/C21H19N3O4S/c1-12-16(13-8-5-6-11-24(13)23-12)20-22-18(19(29-20)21(25)28-4)17-14(26-2)9-7-10-15(17)27-3/h5-11H,1-4H3. The summed E-state index contributed by atoms with van der Waals surface area (Å²) in [4.78, 5) is 17.8. The highest BCUT2D eigenvalue weighted by Gasteiger charge is 2.27. The van der Waals surface area contributed by atoms with E-state index in [1.54, 1.807) is 30.9 Å². The smallest absolute Gasteiger partial charge is 0.350 e. The fraction of sp³-hybridized carbons (Fsp3) is 0.190. The minimum absolute atomic E-state index is 0.375. The van der Waals surface area contributed by atoms with E-state index in [-0.39, 0.29) is 0 Å². The minimum Gasteiger partial charge on any atom is -0.496 e. The van der Waals surface area contributed by atoms with Crippen LogP contribution in [-0.2, 0) is 4.74 Å². The molecule has 0 aliphatic heterocycles. The average Bonchev–Trinajstić information content (AvgIpc) is 3.32. The molecule has 148 valence electrons. The van der Waals surface area contributed by atoms with Gasteiger partial charge in [-0.1, -0.05) is 12.1 Å². The molecule has 3 heterocycles. The van der Waals surface area contributed by atoms with Crippen LogP contribution in [0, 0.1) is 6.92 Å². The fourth-order valence-electron chi connectivity index (χ4n) is 3.29. The maximum absolute atomic E-state index is 12.6. The summed E-state index contributed by atoms with van der Waals surface area (Å²) >= 11 is 1.26. The van der Waals surface area contributed by atoms with E-state index in [1.807, 2.05) is 37.4 Å². The Morgan fingerprint density at radius 2 is 1.72 bits per heavy atom. The van der Waals surface area contributed by atoms with Crippen LogP contribution in [0.5, 0.6) is 11.5 Å². The Morgan fingerprint density at radius 1 is 1.00 bits per heavy atom. The van der Waals surface area contributed by atoms with E-state index >= 15 is 0 Å². The van der Waals surface area contributed by atoms with Crippen LogP contribution >= 0.6 is 11.3 Å². The summed E-state index contributed by atoms with van der Waals surface area (Å²) in [7, 11) is 4.49. The Morgan fingerprint density at radius 3 is 2.38 bits per heavy atom. The lowest BCUT2D eigenvalue weighted by Crippen LogP contribution is -2.02. The van der Waals surface area contributed by atoms with Gasteiger partial charge in [-0.15, -0.1) is 11.3 Å². The SMILES string of the molecule is COC(=O)c1sc(-c2c(C)nn3ccccc23)nc1-c1c(OC)cccc1OC. The van der Waals surface area contributed by atoms with Crippen LogP contribution in [-0.4, -0.2) is 41.9 Å². The average molecular weight is 409 g/mol. The minimum atomic E-state index is -0.467. The lowest BCUT2D eigenvalue weighted by molar-refractivity contribution is 0.0607. The summed E-state index contributed by atoms with van der Waals surface area (Å²) in [5.74, 6) is 0.650. The van der Waals surface area contributed by atoms with Gasteiger partial charge in [0.2, 0.25) is 0 Å². The number of benzene rings is 1. The molecule has 4 rings (SSSR count). The topological polar surface area (TPSA) is 75.0 Å². The van der Waals surface area contributed by atoms with Gasteiger partial charge in [-0.25, -0.2) is 14.3 Å². The molecule has 0 saturated carbocycles. The van der Waals surface area contributed by atoms with Crippen molar-refractivity contribution in [2.24, 2.45) is 0 Å². The molecule has 0 saturated heterocycles. The van der Waals surface area contributed by atoms with Gasteiger partial charge in [-0.2, -0.15) is 5.10 Å². The molecular formula is C21H19N3O4S. The Kier molecular flexibility index (Phi) is 4.94. The second kappa shape index (κ2) is 7.56. The number of carbonyl (C=O) groups is 1. The van der Waals surface area contributed by atoms with E-state index in [2.05, 4.69) is 5.10 Å². The second-order valence-corrected chi connectivity index (χ2v) is 7.22. The molecule has 0 atom stereocenters. The van der Waals surface area contributed by atoms with E-state index < -0.39 is 5.97 Å². The number of fused-ring (bicyclic) bond motifs is 1. The van der Waals surface area contributed by atoms with E-state index in [9.17, 15) is 4.79 Å². The van der Waals surface area contributed by atoms with Crippen LogP contribution in [0.1, 0.15) is 15.4 Å². The van der Waals surface area contributed by atoms with Gasteiger partial charge in [-0.05, 0) is 31.2 Å². The summed E-state index contributed by atoms with van der Waals surface area (Å²) < 4.78 is 17.9. The van der Waals surface area contributed by atoms with E-state index in [4.69, 9.17) is 19.2 Å². The first-order chi connectivity index (χ1) is 14.1. The van der Waals surface area contributed by atoms with Crippen LogP contribution in [0.4, 0.5) is 0 Å². The van der Waals surface area contributed by atoms with Crippen molar-refractivity contribution < 1.29 is 19.0 Å². The zero-order valence-corrected chi connectivity index (χ0v) is 17.2. The molecule has 0 fully saturated rings. The zero-order chi connectivity index (χ0) is 20.5. The molecule has 0 radical (unpaired) electrons. The quantitative estimate of drug-likeness (QED) is 0.459. The molecule has 8 heteroatoms. The number of methoxy groups -OCH3 is 3. The molecule has 1 aromatic carbocycles. The maximum Gasteiger partial charge on any atom is 0.350 e. The van der Waals surface area contributed by atoms with Crippen molar-refractivity contribution in [2.45, 2.75) is 6.92 Å². The first-order valence-electron chi connectivity index (χ1n) is 8.83. The predicted octanol–water partition coefficient (Wildman–Crippen LogP) is 4.24. The van der Waals surface area contributed by atoms with Crippen LogP contribution < -0.4 is 9.47 Å². The number of nitrogens with zero attached hydrogens (tertiary/aromatic N) is 3. The number of hydrogen-bond acceptors (Lipinski definition) is 7. The molecule has 0 unspecified atom stereocenters. The number of ether oxygens (including phenoxy) is 3. The largest absolute Gasteiger partial charge is 0.496 e. The Bertz CT molecular complexity index is 1190. The van der Waals surface area contributed by atoms with Gasteiger partial charge in [0.15, 0.2) is 0 Å². The second-order valence-electron chi connectivity index (χ2n) is 6.22. The normalized spacial score (nSPS) is 10.9. The van der Waals surface area contributed by atoms with Gasteiger partial charge < -0.3 is 14.2 Å². The number of aryl methyl sites for hydroxylation is 1. The van der Waals surface area contributed by atoms with Gasteiger partial charge in [0.1, 0.15) is 27.1 Å². The van der Waals surface area contributed by atoms with Crippen molar-refractivity contribution >= 4 is 22.8 Å². The molecule has 29 heavy (non-hydrogen) atoms. The third kappa shape index (κ3) is 3.11. The molecule has 7 nitrogen and oxygen atoms in total. The lowest BCUT2D eigenvalue weighted by atomic mass is 10.1. The Hall–Kier alpha value is -3.39. The summed E-state index contributed by atoms with van der Waals surface area (Å²) in [5.41, 5.74) is 3.67. The van der Waals surface area contributed by atoms with Gasteiger partial charge in [0, 0.05) is 6.20 Å². The van der Waals surface area contributed by atoms with Crippen molar-refractivity contribution in [1.82, 2.24) is 14.6 Å². The van der Waals surface area contributed by atoms with Crippen LogP contribution in [0.25, 0.3) is 27.3 Å². The number of rotatable bonds is 5. The van der Waals surface area contributed by atoms with E-state index in [0.717, 1.165) is 16.8 Å². The first kappa shape index (κ1) is 18.9. The van der Waals surface area contributed by atoms with Crippen molar-refractivity contribution in [3.05, 3.63) is 53.2 Å². The van der Waals surface area contributed by atoms with Crippen LogP contribution in [0.2, 0.25) is 0 Å². The molecule has 0 spiro atoms. The van der Waals surface area contributed by atoms with Gasteiger partial charge in [-0.3, -0.25) is 0 Å². The van der Waals surface area contributed by atoms with Gasteiger partial charge in [0.25, 0.3) is 0 Å². The summed E-state index contributed by atoms with van der Waals surface area (Å²) in [6.07, 6.45) is 1.88. The molecule has 0 amide bonds. The van der Waals surface area contributed by atoms with E-state index in [0.29, 0.717) is 32.6 Å². The number of pyridine rings is 1. The highest BCUT2D eigenvalue weighted by atomic mass is 32.1. The number of aromatic nitrogens is 3.